The van der Waals surface area contributed by atoms with Crippen LogP contribution in [0.2, 0.25) is 5.15 Å². The van der Waals surface area contributed by atoms with E-state index in [2.05, 4.69) is 25.6 Å². The quantitative estimate of drug-likeness (QED) is 0.303. The second-order valence-electron chi connectivity index (χ2n) is 7.82. The standard InChI is InChI=1S/C21H21ClF3N5O3S/c22-18-15(14-5-4-13(34-14)11-3-1-2-6-26-11)19(30-20(29-18)27-9-21(23,24)25)28-12-7-10(8-31)16(32)17(12)33/h1-6,10,12,16-17,31-33H,7-9H2,(H2,27,28,29,30)/t10-,12-,16-,17+/m1/s1. The van der Waals surface area contributed by atoms with Crippen LogP contribution in [0.3, 0.4) is 0 Å². The molecule has 0 amide bonds. The van der Waals surface area contributed by atoms with Crippen LogP contribution in [0.1, 0.15) is 6.42 Å². The molecule has 5 N–H and O–H groups in total. The summed E-state index contributed by atoms with van der Waals surface area (Å²) in [5, 5.41) is 35.0. The third kappa shape index (κ3) is 5.41. The normalized spacial score (nSPS) is 22.7. The first-order valence-corrected chi connectivity index (χ1v) is 11.5. The molecular weight excluding hydrogens is 495 g/mol. The molecule has 1 aliphatic rings. The highest BCUT2D eigenvalue weighted by Gasteiger charge is 2.41. The first-order valence-electron chi connectivity index (χ1n) is 10.3. The van der Waals surface area contributed by atoms with E-state index in [0.29, 0.717) is 10.4 Å². The molecule has 3 aromatic heterocycles. The van der Waals surface area contributed by atoms with Crippen molar-refractivity contribution in [1.82, 2.24) is 15.0 Å². The van der Waals surface area contributed by atoms with E-state index >= 15 is 0 Å². The van der Waals surface area contributed by atoms with Gasteiger partial charge in [0.2, 0.25) is 5.95 Å². The van der Waals surface area contributed by atoms with Crippen LogP contribution >= 0.6 is 22.9 Å². The molecule has 0 radical (unpaired) electrons. The molecule has 34 heavy (non-hydrogen) atoms. The number of aliphatic hydroxyl groups excluding tert-OH is 3. The van der Waals surface area contributed by atoms with E-state index in [1.54, 1.807) is 18.3 Å². The summed E-state index contributed by atoms with van der Waals surface area (Å²) in [6.45, 7) is -1.69. The first kappa shape index (κ1) is 24.6. The van der Waals surface area contributed by atoms with E-state index < -0.39 is 36.9 Å². The first-order chi connectivity index (χ1) is 16.2. The van der Waals surface area contributed by atoms with Crippen LogP contribution in [0.5, 0.6) is 0 Å². The van der Waals surface area contributed by atoms with Crippen LogP contribution in [-0.4, -0.2) is 67.8 Å². The minimum absolute atomic E-state index is 0.0916. The molecule has 182 valence electrons. The minimum atomic E-state index is -4.49. The molecule has 4 rings (SSSR count). The fourth-order valence-corrected chi connectivity index (χ4v) is 5.11. The number of halogens is 4. The fraction of sp³-hybridized carbons (Fsp3) is 0.381. The van der Waals surface area contributed by atoms with E-state index in [0.717, 1.165) is 10.6 Å². The lowest BCUT2D eigenvalue weighted by Gasteiger charge is -2.21. The van der Waals surface area contributed by atoms with Gasteiger partial charge in [-0.2, -0.15) is 18.2 Å². The van der Waals surface area contributed by atoms with E-state index in [4.69, 9.17) is 11.6 Å². The van der Waals surface area contributed by atoms with Crippen molar-refractivity contribution in [2.24, 2.45) is 5.92 Å². The zero-order valence-electron chi connectivity index (χ0n) is 17.5. The number of anilines is 2. The lowest BCUT2D eigenvalue weighted by molar-refractivity contribution is -0.115. The van der Waals surface area contributed by atoms with Crippen molar-refractivity contribution < 1.29 is 28.5 Å². The summed E-state index contributed by atoms with van der Waals surface area (Å²) in [5.74, 6) is -0.815. The molecule has 0 spiro atoms. The van der Waals surface area contributed by atoms with Crippen LogP contribution < -0.4 is 10.6 Å². The van der Waals surface area contributed by atoms with Gasteiger partial charge in [0.1, 0.15) is 23.6 Å². The molecule has 0 aromatic carbocycles. The van der Waals surface area contributed by atoms with Crippen LogP contribution in [0, 0.1) is 5.92 Å². The minimum Gasteiger partial charge on any atom is -0.396 e. The number of rotatable bonds is 7. The average molecular weight is 516 g/mol. The smallest absolute Gasteiger partial charge is 0.396 e. The van der Waals surface area contributed by atoms with Gasteiger partial charge >= 0.3 is 6.18 Å². The number of nitrogens with one attached hydrogen (secondary N) is 2. The Kier molecular flexibility index (Phi) is 7.24. The summed E-state index contributed by atoms with van der Waals surface area (Å²) in [4.78, 5) is 13.9. The number of aromatic nitrogens is 3. The van der Waals surface area contributed by atoms with E-state index in [9.17, 15) is 28.5 Å². The number of aliphatic hydroxyl groups is 3. The molecule has 3 aromatic rings. The monoisotopic (exact) mass is 515 g/mol. The van der Waals surface area contributed by atoms with Gasteiger partial charge in [-0.1, -0.05) is 17.7 Å². The summed E-state index contributed by atoms with van der Waals surface area (Å²) in [7, 11) is 0. The Labute approximate surface area is 201 Å². The average Bonchev–Trinajstić information content (AvgIpc) is 3.38. The van der Waals surface area contributed by atoms with Gasteiger partial charge in [-0.3, -0.25) is 4.98 Å². The third-order valence-corrected chi connectivity index (χ3v) is 6.84. The fourth-order valence-electron chi connectivity index (χ4n) is 3.76. The second-order valence-corrected chi connectivity index (χ2v) is 9.26. The van der Waals surface area contributed by atoms with Crippen molar-refractivity contribution in [2.75, 3.05) is 23.8 Å². The molecule has 0 aliphatic heterocycles. The predicted molar refractivity (Wildman–Crippen MR) is 123 cm³/mol. The van der Waals surface area contributed by atoms with Crippen molar-refractivity contribution in [3.8, 4) is 21.0 Å². The van der Waals surface area contributed by atoms with Crippen molar-refractivity contribution in [3.05, 3.63) is 41.7 Å². The summed E-state index contributed by atoms with van der Waals surface area (Å²) < 4.78 is 38.1. The SMILES string of the molecule is OC[C@H]1C[C@@H](Nc2nc(NCC(F)(F)F)nc(Cl)c2-c2ccc(-c3ccccn3)s2)[C@H](O)[C@@H]1O. The van der Waals surface area contributed by atoms with Gasteiger partial charge in [0.15, 0.2) is 0 Å². The van der Waals surface area contributed by atoms with E-state index in [1.165, 1.54) is 11.3 Å². The van der Waals surface area contributed by atoms with Gasteiger partial charge in [-0.25, -0.2) is 4.98 Å². The molecule has 1 saturated carbocycles. The predicted octanol–water partition coefficient (Wildman–Crippen LogP) is 3.41. The zero-order valence-corrected chi connectivity index (χ0v) is 19.1. The Morgan fingerprint density at radius 2 is 1.85 bits per heavy atom. The molecule has 1 aliphatic carbocycles. The lowest BCUT2D eigenvalue weighted by atomic mass is 10.1. The van der Waals surface area contributed by atoms with Crippen molar-refractivity contribution in [3.63, 3.8) is 0 Å². The third-order valence-electron chi connectivity index (χ3n) is 5.44. The zero-order chi connectivity index (χ0) is 24.5. The number of nitrogens with zero attached hydrogens (tertiary/aromatic N) is 3. The van der Waals surface area contributed by atoms with Crippen LogP contribution in [0.4, 0.5) is 24.9 Å². The highest BCUT2D eigenvalue weighted by Crippen LogP contribution is 2.41. The molecule has 4 atom stereocenters. The maximum absolute atomic E-state index is 12.7. The maximum Gasteiger partial charge on any atom is 0.405 e. The van der Waals surface area contributed by atoms with E-state index in [-0.39, 0.29) is 29.9 Å². The van der Waals surface area contributed by atoms with Crippen LogP contribution in [0.25, 0.3) is 21.0 Å². The molecular formula is C21H21ClF3N5O3S. The molecule has 13 heteroatoms. The number of pyridine rings is 1. The number of hydrogen-bond donors (Lipinski definition) is 5. The molecule has 8 nitrogen and oxygen atoms in total. The van der Waals surface area contributed by atoms with Gasteiger partial charge < -0.3 is 26.0 Å². The number of hydrogen-bond acceptors (Lipinski definition) is 9. The lowest BCUT2D eigenvalue weighted by Crippen LogP contribution is -2.35. The van der Waals surface area contributed by atoms with Gasteiger partial charge in [0, 0.05) is 23.6 Å². The molecule has 1 fully saturated rings. The highest BCUT2D eigenvalue weighted by atomic mass is 35.5. The molecule has 0 bridgehead atoms. The summed E-state index contributed by atoms with van der Waals surface area (Å²) in [6, 6.07) is 8.34. The Balaban J connectivity index is 1.71. The summed E-state index contributed by atoms with van der Waals surface area (Å²) in [5.41, 5.74) is 1.06. The molecule has 0 unspecified atom stereocenters. The molecule has 0 saturated heterocycles. The summed E-state index contributed by atoms with van der Waals surface area (Å²) >= 11 is 7.74. The largest absolute Gasteiger partial charge is 0.405 e. The van der Waals surface area contributed by atoms with Gasteiger partial charge in [0.25, 0.3) is 0 Å². The maximum atomic E-state index is 12.7. The number of alkyl halides is 3. The van der Waals surface area contributed by atoms with E-state index in [1.807, 2.05) is 18.2 Å². The topological polar surface area (TPSA) is 123 Å². The van der Waals surface area contributed by atoms with Gasteiger partial charge in [0.05, 0.1) is 28.3 Å². The van der Waals surface area contributed by atoms with Crippen LogP contribution in [0.15, 0.2) is 36.5 Å². The number of thiophene rings is 1. The van der Waals surface area contributed by atoms with Crippen molar-refractivity contribution in [2.45, 2.75) is 30.8 Å². The van der Waals surface area contributed by atoms with Gasteiger partial charge in [-0.15, -0.1) is 11.3 Å². The summed E-state index contributed by atoms with van der Waals surface area (Å²) in [6.07, 6.45) is -5.01. The second kappa shape index (κ2) is 10.0. The Morgan fingerprint density at radius 3 is 2.50 bits per heavy atom. The highest BCUT2D eigenvalue weighted by molar-refractivity contribution is 7.18. The van der Waals surface area contributed by atoms with Crippen molar-refractivity contribution in [1.29, 1.82) is 0 Å². The Bertz CT molecular complexity index is 1130. The van der Waals surface area contributed by atoms with Crippen LogP contribution in [-0.2, 0) is 0 Å². The van der Waals surface area contributed by atoms with Gasteiger partial charge in [-0.05, 0) is 30.7 Å². The van der Waals surface area contributed by atoms with Crippen molar-refractivity contribution >= 4 is 34.7 Å². The Hall–Kier alpha value is -2.51. The molecule has 3 heterocycles. The Morgan fingerprint density at radius 1 is 1.09 bits per heavy atom.